The lowest BCUT2D eigenvalue weighted by Gasteiger charge is -2.18. The molecule has 4 N–H and O–H groups in total. The van der Waals surface area contributed by atoms with E-state index in [2.05, 4.69) is 25.7 Å². The van der Waals surface area contributed by atoms with Gasteiger partial charge in [-0.05, 0) is 25.0 Å². The van der Waals surface area contributed by atoms with Crippen LogP contribution in [0.1, 0.15) is 35.0 Å². The van der Waals surface area contributed by atoms with E-state index in [0.29, 0.717) is 25.1 Å². The molecule has 0 saturated carbocycles. The fourth-order valence-corrected chi connectivity index (χ4v) is 5.16. The van der Waals surface area contributed by atoms with Gasteiger partial charge in [-0.2, -0.15) is 23.5 Å². The number of aromatic nitrogens is 5. The first kappa shape index (κ1) is 30.9. The van der Waals surface area contributed by atoms with Crippen molar-refractivity contribution in [3.05, 3.63) is 53.7 Å². The summed E-state index contributed by atoms with van der Waals surface area (Å²) in [6.45, 7) is 2.25. The maximum Gasteiger partial charge on any atom is 0.435 e. The zero-order valence-corrected chi connectivity index (χ0v) is 23.8. The molecule has 3 aromatic heterocycles. The number of carbonyl (C=O) groups excluding carboxylic acids is 3. The molecule has 1 aliphatic heterocycles. The monoisotopic (exact) mass is 624 g/mol. The van der Waals surface area contributed by atoms with Crippen LogP contribution in [0.2, 0.25) is 0 Å². The van der Waals surface area contributed by atoms with E-state index < -0.39 is 17.8 Å². The third-order valence-electron chi connectivity index (χ3n) is 7.22. The van der Waals surface area contributed by atoms with Gasteiger partial charge in [-0.1, -0.05) is 6.92 Å². The number of hydrogen-bond donors (Lipinski definition) is 3. The van der Waals surface area contributed by atoms with Crippen molar-refractivity contribution in [2.45, 2.75) is 38.5 Å². The molecule has 0 bridgehead atoms. The Morgan fingerprint density at radius 3 is 2.76 bits per heavy atom. The van der Waals surface area contributed by atoms with Crippen molar-refractivity contribution in [3.8, 4) is 23.1 Å². The Morgan fingerprint density at radius 1 is 1.29 bits per heavy atom. The minimum atomic E-state index is -4.80. The first-order valence-electron chi connectivity index (χ1n) is 13.7. The lowest BCUT2D eigenvalue weighted by Crippen LogP contribution is -2.40. The fourth-order valence-electron chi connectivity index (χ4n) is 5.16. The van der Waals surface area contributed by atoms with E-state index in [4.69, 9.17) is 15.7 Å². The highest BCUT2D eigenvalue weighted by molar-refractivity contribution is 5.99. The summed E-state index contributed by atoms with van der Waals surface area (Å²) in [6.07, 6.45) is 1.23. The first-order chi connectivity index (χ1) is 21.5. The molecule has 1 fully saturated rings. The molecule has 14 nitrogen and oxygen atoms in total. The summed E-state index contributed by atoms with van der Waals surface area (Å²) in [5.74, 6) is -0.701. The maximum absolute atomic E-state index is 13.8. The van der Waals surface area contributed by atoms with Crippen molar-refractivity contribution >= 4 is 35.4 Å². The van der Waals surface area contributed by atoms with E-state index in [1.54, 1.807) is 17.9 Å². The number of imidazole rings is 1. The molecular formula is C28H27F3N10O4. The summed E-state index contributed by atoms with van der Waals surface area (Å²) in [5, 5.41) is 18.1. The number of nitrogens with one attached hydrogen (secondary N) is 2. The molecule has 0 spiro atoms. The van der Waals surface area contributed by atoms with Crippen molar-refractivity contribution in [2.75, 3.05) is 25.0 Å². The fraction of sp³-hybridized carbons (Fsp3) is 0.321. The highest BCUT2D eigenvalue weighted by atomic mass is 19.4. The Balaban J connectivity index is 1.45. The number of nitrogens with zero attached hydrogens (tertiary/aromatic N) is 7. The molecular weight excluding hydrogens is 597 g/mol. The van der Waals surface area contributed by atoms with Gasteiger partial charge in [0.2, 0.25) is 5.91 Å². The molecule has 1 aromatic carbocycles. The van der Waals surface area contributed by atoms with Crippen LogP contribution in [0.25, 0.3) is 16.9 Å². The van der Waals surface area contributed by atoms with E-state index in [1.807, 2.05) is 0 Å². The van der Waals surface area contributed by atoms with Gasteiger partial charge in [0.1, 0.15) is 6.54 Å². The summed E-state index contributed by atoms with van der Waals surface area (Å²) in [4.78, 5) is 47.2. The number of nitrogens with two attached hydrogens (primary N) is 1. The molecule has 0 radical (unpaired) electrons. The van der Waals surface area contributed by atoms with Crippen LogP contribution in [0.3, 0.4) is 0 Å². The summed E-state index contributed by atoms with van der Waals surface area (Å²) in [6, 6.07) is 4.62. The molecule has 4 heterocycles. The van der Waals surface area contributed by atoms with Gasteiger partial charge in [0.15, 0.2) is 22.9 Å². The van der Waals surface area contributed by atoms with Gasteiger partial charge in [0.25, 0.3) is 12.4 Å². The van der Waals surface area contributed by atoms with Crippen LogP contribution in [0.15, 0.2) is 36.9 Å². The number of likely N-dealkylation sites (tertiary alicyclic amines) is 1. The lowest BCUT2D eigenvalue weighted by atomic mass is 10.0. The lowest BCUT2D eigenvalue weighted by molar-refractivity contribution is -0.141. The van der Waals surface area contributed by atoms with Gasteiger partial charge in [-0.25, -0.2) is 9.97 Å². The molecule has 234 valence electrons. The van der Waals surface area contributed by atoms with Crippen LogP contribution in [0, 0.1) is 11.3 Å². The van der Waals surface area contributed by atoms with Crippen LogP contribution in [0.4, 0.5) is 24.7 Å². The molecule has 17 heteroatoms. The van der Waals surface area contributed by atoms with Crippen LogP contribution in [-0.4, -0.2) is 73.0 Å². The largest absolute Gasteiger partial charge is 0.435 e. The molecule has 1 saturated heterocycles. The Morgan fingerprint density at radius 2 is 2.09 bits per heavy atom. The number of rotatable bonds is 10. The second-order valence-corrected chi connectivity index (χ2v) is 10.1. The van der Waals surface area contributed by atoms with Gasteiger partial charge in [-0.15, -0.1) is 0 Å². The number of alkyl halides is 3. The van der Waals surface area contributed by atoms with Crippen molar-refractivity contribution in [1.82, 2.24) is 34.4 Å². The van der Waals surface area contributed by atoms with Crippen LogP contribution < -0.4 is 21.1 Å². The van der Waals surface area contributed by atoms with E-state index >= 15 is 0 Å². The van der Waals surface area contributed by atoms with Crippen LogP contribution >= 0.6 is 0 Å². The van der Waals surface area contributed by atoms with Crippen molar-refractivity contribution in [2.24, 2.45) is 5.73 Å². The van der Waals surface area contributed by atoms with Gasteiger partial charge < -0.3 is 26.0 Å². The Hall–Kier alpha value is -5.50. The Kier molecular flexibility index (Phi) is 8.68. The van der Waals surface area contributed by atoms with E-state index in [-0.39, 0.29) is 77.7 Å². The van der Waals surface area contributed by atoms with Crippen molar-refractivity contribution in [1.29, 1.82) is 5.26 Å². The molecule has 1 atom stereocenters. The van der Waals surface area contributed by atoms with Gasteiger partial charge in [-0.3, -0.25) is 23.5 Å². The standard InChI is InChI=1S/C28H27F3N10O4/c1-2-17-18(27(44)36-12-22(43)39-8-5-16(33)13-39)3-4-20(23(17)45-15-42)37-25-26-35-11-21(41(26)10-7-34-25)19-14-40(9-6-32)38-24(19)28(29,30)31/h3-4,7,10-11,14-16H,2,5,8-9,12-13,33H2,1H3,(H,34,37)(H,36,44)/t16-/m0/s1. The highest BCUT2D eigenvalue weighted by Crippen LogP contribution is 2.38. The predicted molar refractivity (Wildman–Crippen MR) is 152 cm³/mol. The zero-order valence-electron chi connectivity index (χ0n) is 23.8. The van der Waals surface area contributed by atoms with E-state index in [9.17, 15) is 27.6 Å². The normalized spacial score (nSPS) is 14.8. The SMILES string of the molecule is CCc1c(C(=O)NCC(=O)N2CC[C@H](N)C2)ccc(Nc2nccn3c(-c4cn(CC#N)nc4C(F)(F)F)cnc23)c1OC=O. The maximum atomic E-state index is 13.8. The van der Waals surface area contributed by atoms with E-state index in [0.717, 1.165) is 10.9 Å². The highest BCUT2D eigenvalue weighted by Gasteiger charge is 2.38. The third kappa shape index (κ3) is 6.26. The quantitative estimate of drug-likeness (QED) is 0.221. The minimum Gasteiger partial charge on any atom is -0.426 e. The predicted octanol–water partition coefficient (Wildman–Crippen LogP) is 2.27. The number of benzene rings is 1. The van der Waals surface area contributed by atoms with Crippen LogP contribution in [0.5, 0.6) is 5.75 Å². The number of halogens is 3. The van der Waals surface area contributed by atoms with Crippen LogP contribution in [-0.2, 0) is 28.7 Å². The molecule has 0 aliphatic carbocycles. The van der Waals surface area contributed by atoms with Gasteiger partial charge in [0, 0.05) is 48.8 Å². The summed E-state index contributed by atoms with van der Waals surface area (Å²) >= 11 is 0. The van der Waals surface area contributed by atoms with Gasteiger partial charge in [0.05, 0.1) is 35.8 Å². The summed E-state index contributed by atoms with van der Waals surface area (Å²) in [5.41, 5.74) is 5.32. The molecule has 5 rings (SSSR count). The van der Waals surface area contributed by atoms with Crippen molar-refractivity contribution in [3.63, 3.8) is 0 Å². The number of fused-ring (bicyclic) bond motifs is 1. The molecule has 45 heavy (non-hydrogen) atoms. The Labute approximate surface area is 253 Å². The smallest absolute Gasteiger partial charge is 0.426 e. The topological polar surface area (TPSA) is 186 Å². The Bertz CT molecular complexity index is 1810. The number of hydrogen-bond acceptors (Lipinski definition) is 10. The number of anilines is 2. The molecule has 0 unspecified atom stereocenters. The van der Waals surface area contributed by atoms with Gasteiger partial charge >= 0.3 is 6.18 Å². The third-order valence-corrected chi connectivity index (χ3v) is 7.22. The first-order valence-corrected chi connectivity index (χ1v) is 13.7. The number of carbonyl (C=O) groups is 3. The second-order valence-electron chi connectivity index (χ2n) is 10.1. The summed E-state index contributed by atoms with van der Waals surface area (Å²) in [7, 11) is 0. The average molecular weight is 625 g/mol. The molecule has 4 aromatic rings. The molecule has 1 aliphatic rings. The average Bonchev–Trinajstić information content (AvgIpc) is 3.75. The number of ether oxygens (including phenoxy) is 1. The number of amides is 2. The molecule has 2 amide bonds. The minimum absolute atomic E-state index is 0.0183. The summed E-state index contributed by atoms with van der Waals surface area (Å²) < 4.78 is 48.9. The number of nitriles is 1. The zero-order chi connectivity index (χ0) is 32.3. The van der Waals surface area contributed by atoms with E-state index in [1.165, 1.54) is 35.1 Å². The van der Waals surface area contributed by atoms with Crippen molar-refractivity contribution < 1.29 is 32.3 Å². The second kappa shape index (κ2) is 12.6.